The number of unbranched alkanes of at least 4 members (excludes halogenated alkanes) is 1. The molecule has 1 aromatic carbocycles. The molecule has 0 fully saturated rings. The minimum absolute atomic E-state index is 0.174. The summed E-state index contributed by atoms with van der Waals surface area (Å²) in [5.74, 6) is -1.44. The van der Waals surface area contributed by atoms with Crippen LogP contribution in [0.1, 0.15) is 38.2 Å². The number of nitrogens with two attached hydrogens (primary N) is 1. The number of allylic oxidation sites excluding steroid dienone is 1. The number of para-hydroxylation sites is 1. The summed E-state index contributed by atoms with van der Waals surface area (Å²) in [5, 5.41) is 3.12. The fourth-order valence-corrected chi connectivity index (χ4v) is 3.21. The Hall–Kier alpha value is -2.76. The maximum atomic E-state index is 12.7. The van der Waals surface area contributed by atoms with Crippen molar-refractivity contribution in [1.82, 2.24) is 5.32 Å². The molecule has 6 heteroatoms. The number of carbonyl (C=O) groups excluding carboxylic acids is 2. The molecule has 2 aliphatic rings. The van der Waals surface area contributed by atoms with E-state index in [1.807, 2.05) is 25.1 Å². The molecule has 3 rings (SSSR count). The summed E-state index contributed by atoms with van der Waals surface area (Å²) in [6.07, 6.45) is 1.72. The molecule has 6 nitrogen and oxygen atoms in total. The first-order chi connectivity index (χ1) is 12.0. The van der Waals surface area contributed by atoms with Crippen molar-refractivity contribution < 1.29 is 19.1 Å². The Morgan fingerprint density at radius 1 is 1.40 bits per heavy atom. The van der Waals surface area contributed by atoms with Gasteiger partial charge in [-0.15, -0.1) is 0 Å². The third-order valence-corrected chi connectivity index (χ3v) is 4.47. The van der Waals surface area contributed by atoms with Gasteiger partial charge in [-0.05, 0) is 25.0 Å². The van der Waals surface area contributed by atoms with Gasteiger partial charge in [-0.3, -0.25) is 0 Å². The summed E-state index contributed by atoms with van der Waals surface area (Å²) in [5.41, 5.74) is 9.55. The van der Waals surface area contributed by atoms with Gasteiger partial charge in [0.15, 0.2) is 0 Å². The third-order valence-electron chi connectivity index (χ3n) is 4.47. The predicted molar refractivity (Wildman–Crippen MR) is 93.3 cm³/mol. The van der Waals surface area contributed by atoms with E-state index in [1.54, 1.807) is 13.0 Å². The number of nitrogens with one attached hydrogen (secondary N) is 1. The molecule has 0 saturated carbocycles. The van der Waals surface area contributed by atoms with Crippen molar-refractivity contribution in [3.05, 3.63) is 52.4 Å². The van der Waals surface area contributed by atoms with Gasteiger partial charge in [-0.2, -0.15) is 0 Å². The van der Waals surface area contributed by atoms with Gasteiger partial charge in [-0.1, -0.05) is 31.5 Å². The van der Waals surface area contributed by atoms with E-state index in [9.17, 15) is 9.59 Å². The average molecular weight is 342 g/mol. The van der Waals surface area contributed by atoms with Crippen LogP contribution in [0.3, 0.4) is 0 Å². The highest BCUT2D eigenvalue weighted by atomic mass is 16.5. The first-order valence-electron chi connectivity index (χ1n) is 8.44. The molecule has 25 heavy (non-hydrogen) atoms. The highest BCUT2D eigenvalue weighted by molar-refractivity contribution is 6.01. The Morgan fingerprint density at radius 3 is 2.88 bits per heavy atom. The lowest BCUT2D eigenvalue weighted by molar-refractivity contribution is -0.139. The average Bonchev–Trinajstić information content (AvgIpc) is 2.95. The fourth-order valence-electron chi connectivity index (χ4n) is 3.21. The van der Waals surface area contributed by atoms with Gasteiger partial charge in [-0.25, -0.2) is 9.59 Å². The number of benzene rings is 1. The smallest absolute Gasteiger partial charge is 0.337 e. The molecule has 0 bridgehead atoms. The zero-order valence-corrected chi connectivity index (χ0v) is 14.4. The zero-order valence-electron chi connectivity index (χ0n) is 14.4. The number of esters is 2. The van der Waals surface area contributed by atoms with Crippen LogP contribution in [0, 0.1) is 0 Å². The van der Waals surface area contributed by atoms with E-state index >= 15 is 0 Å². The topological polar surface area (TPSA) is 90.6 Å². The largest absolute Gasteiger partial charge is 0.462 e. The Kier molecular flexibility index (Phi) is 4.79. The molecule has 2 aliphatic heterocycles. The second kappa shape index (κ2) is 7.01. The van der Waals surface area contributed by atoms with Gasteiger partial charge in [0.05, 0.1) is 29.4 Å². The summed E-state index contributed by atoms with van der Waals surface area (Å²) in [6, 6.07) is 7.24. The molecule has 0 amide bonds. The van der Waals surface area contributed by atoms with Crippen LogP contribution in [0.5, 0.6) is 0 Å². The van der Waals surface area contributed by atoms with E-state index in [-0.39, 0.29) is 6.61 Å². The summed E-state index contributed by atoms with van der Waals surface area (Å²) in [7, 11) is 0. The Morgan fingerprint density at radius 2 is 2.16 bits per heavy atom. The van der Waals surface area contributed by atoms with E-state index in [0.717, 1.165) is 12.8 Å². The quantitative estimate of drug-likeness (QED) is 0.485. The van der Waals surface area contributed by atoms with Crippen molar-refractivity contribution >= 4 is 17.6 Å². The molecule has 3 N–H and O–H groups in total. The fraction of sp³-hybridized carbons (Fsp3) is 0.368. The molecule has 1 unspecified atom stereocenters. The highest BCUT2D eigenvalue weighted by Crippen LogP contribution is 2.43. The maximum Gasteiger partial charge on any atom is 0.337 e. The lowest BCUT2D eigenvalue weighted by atomic mass is 9.80. The second-order valence-electron chi connectivity index (χ2n) is 6.18. The van der Waals surface area contributed by atoms with E-state index in [0.29, 0.717) is 40.4 Å². The molecule has 132 valence electrons. The van der Waals surface area contributed by atoms with Crippen LogP contribution in [0.2, 0.25) is 0 Å². The van der Waals surface area contributed by atoms with E-state index in [4.69, 9.17) is 15.2 Å². The zero-order chi connectivity index (χ0) is 18.0. The Labute approximate surface area is 146 Å². The van der Waals surface area contributed by atoms with Crippen molar-refractivity contribution in [3.8, 4) is 0 Å². The number of rotatable bonds is 5. The molecule has 0 spiro atoms. The SMILES string of the molecule is CCCCOC(=O)C1=C(C)NC2=C(C(=O)OC2)C1c1ccccc1N. The normalized spacial score (nSPS) is 19.4. The van der Waals surface area contributed by atoms with Gasteiger partial charge in [0.2, 0.25) is 0 Å². The van der Waals surface area contributed by atoms with Gasteiger partial charge < -0.3 is 20.5 Å². The summed E-state index contributed by atoms with van der Waals surface area (Å²) in [4.78, 5) is 25.0. The first-order valence-corrected chi connectivity index (χ1v) is 8.44. The van der Waals surface area contributed by atoms with Gasteiger partial charge >= 0.3 is 11.9 Å². The van der Waals surface area contributed by atoms with Crippen LogP contribution in [-0.2, 0) is 19.1 Å². The maximum absolute atomic E-state index is 12.7. The number of cyclic esters (lactones) is 1. The van der Waals surface area contributed by atoms with Crippen molar-refractivity contribution in [3.63, 3.8) is 0 Å². The molecule has 0 radical (unpaired) electrons. The highest BCUT2D eigenvalue weighted by Gasteiger charge is 2.42. The molecular weight excluding hydrogens is 320 g/mol. The number of anilines is 1. The number of ether oxygens (including phenoxy) is 2. The van der Waals surface area contributed by atoms with Crippen molar-refractivity contribution in [2.24, 2.45) is 0 Å². The van der Waals surface area contributed by atoms with Gasteiger partial charge in [0.25, 0.3) is 0 Å². The lowest BCUT2D eigenvalue weighted by Crippen LogP contribution is -2.30. The lowest BCUT2D eigenvalue weighted by Gasteiger charge is -2.28. The molecule has 1 atom stereocenters. The van der Waals surface area contributed by atoms with Crippen molar-refractivity contribution in [2.75, 3.05) is 18.9 Å². The number of hydrogen-bond acceptors (Lipinski definition) is 6. The predicted octanol–water partition coefficient (Wildman–Crippen LogP) is 2.38. The summed E-state index contributed by atoms with van der Waals surface area (Å²) < 4.78 is 10.6. The molecule has 2 heterocycles. The van der Waals surface area contributed by atoms with Crippen molar-refractivity contribution in [1.29, 1.82) is 0 Å². The minimum Gasteiger partial charge on any atom is -0.462 e. The van der Waals surface area contributed by atoms with Crippen molar-refractivity contribution in [2.45, 2.75) is 32.6 Å². The molecular formula is C19H22N2O4. The van der Waals surface area contributed by atoms with Crippen LogP contribution < -0.4 is 11.1 Å². The van der Waals surface area contributed by atoms with Crippen LogP contribution >= 0.6 is 0 Å². The Bertz CT molecular complexity index is 779. The first kappa shape index (κ1) is 17.1. The molecule has 0 saturated heterocycles. The number of carbonyl (C=O) groups is 2. The van der Waals surface area contributed by atoms with Crippen LogP contribution in [0.15, 0.2) is 46.8 Å². The Balaban J connectivity index is 2.05. The monoisotopic (exact) mass is 342 g/mol. The van der Waals surface area contributed by atoms with Gasteiger partial charge in [0, 0.05) is 11.4 Å². The number of hydrogen-bond donors (Lipinski definition) is 2. The molecule has 0 aliphatic carbocycles. The molecule has 1 aromatic rings. The van der Waals surface area contributed by atoms with Crippen LogP contribution in [0.4, 0.5) is 5.69 Å². The van der Waals surface area contributed by atoms with Crippen LogP contribution in [0.25, 0.3) is 0 Å². The number of nitrogen functional groups attached to an aromatic ring is 1. The number of dihydropyridines is 1. The molecule has 0 aromatic heterocycles. The van der Waals surface area contributed by atoms with E-state index in [2.05, 4.69) is 5.32 Å². The van der Waals surface area contributed by atoms with E-state index < -0.39 is 17.9 Å². The minimum atomic E-state index is -0.582. The van der Waals surface area contributed by atoms with Gasteiger partial charge in [0.1, 0.15) is 6.61 Å². The third kappa shape index (κ3) is 3.12. The van der Waals surface area contributed by atoms with Crippen LogP contribution in [-0.4, -0.2) is 25.2 Å². The summed E-state index contributed by atoms with van der Waals surface area (Å²) in [6.45, 7) is 4.35. The van der Waals surface area contributed by atoms with E-state index in [1.165, 1.54) is 0 Å². The standard InChI is InChI=1S/C19H22N2O4/c1-3-4-9-24-18(22)15-11(2)21-14-10-25-19(23)17(14)16(15)12-7-5-6-8-13(12)20/h5-8,16,21H,3-4,9-10,20H2,1-2H3. The summed E-state index contributed by atoms with van der Waals surface area (Å²) >= 11 is 0. The second-order valence-corrected chi connectivity index (χ2v) is 6.18.